The van der Waals surface area contributed by atoms with E-state index >= 15 is 0 Å². The van der Waals surface area contributed by atoms with Crippen molar-refractivity contribution >= 4 is 113 Å². The van der Waals surface area contributed by atoms with Crippen LogP contribution in [0.2, 0.25) is 5.02 Å². The zero-order valence-electron chi connectivity index (χ0n) is 49.6. The molecule has 2 aromatic carbocycles. The van der Waals surface area contributed by atoms with E-state index in [4.69, 9.17) is 46.0 Å². The minimum atomic E-state index is -1.62. The molecule has 23 heteroatoms. The minimum absolute atomic E-state index is 0.0161. The molecule has 0 aliphatic carbocycles. The van der Waals surface area contributed by atoms with E-state index in [0.717, 1.165) is 16.7 Å². The van der Waals surface area contributed by atoms with Gasteiger partial charge < -0.3 is 50.1 Å². The molecule has 4 bridgehead atoms. The molecule has 0 unspecified atom stereocenters. The predicted octanol–water partition coefficient (Wildman–Crippen LogP) is 9.26. The number of urea groups is 1. The van der Waals surface area contributed by atoms with Crippen molar-refractivity contribution in [2.75, 3.05) is 48.2 Å². The number of hydrogen-bond acceptors (Lipinski definition) is 15. The lowest BCUT2D eigenvalue weighted by Gasteiger charge is -2.41. The van der Waals surface area contributed by atoms with Gasteiger partial charge in [0.2, 0.25) is 11.8 Å². The third-order valence-electron chi connectivity index (χ3n) is 16.1. The van der Waals surface area contributed by atoms with Crippen molar-refractivity contribution in [3.63, 3.8) is 0 Å². The molecule has 6 N–H and O–H groups in total. The number of anilines is 2. The third kappa shape index (κ3) is 18.9. The van der Waals surface area contributed by atoms with Crippen molar-refractivity contribution in [2.24, 2.45) is 29.4 Å². The first-order valence-corrected chi connectivity index (χ1v) is 31.5. The molecule has 9 atom stereocenters. The minimum Gasteiger partial charge on any atom is -0.465 e. The molecule has 6 rings (SSSR count). The predicted molar refractivity (Wildman–Crippen MR) is 330 cm³/mol. The Morgan fingerprint density at radius 2 is 1.75 bits per heavy atom. The number of ether oxygens (including phenoxy) is 5. The number of pyridine rings is 1. The summed E-state index contributed by atoms with van der Waals surface area (Å²) < 4.78 is 29.4. The lowest BCUT2D eigenvalue weighted by atomic mass is 9.78. The number of nitrogens with zero attached hydrogens (tertiary/aromatic N) is 2. The quantitative estimate of drug-likeness (QED) is 0.0184. The molecule has 3 aliphatic rings. The molecule has 1 aromatic heterocycles. The number of hydrogen-bond donors (Lipinski definition) is 5. The molecular formula is C62H81Br2ClN6O14. The maximum Gasteiger partial charge on any atom is 0.412 e. The number of primary amides is 1. The van der Waals surface area contributed by atoms with Gasteiger partial charge in [0.15, 0.2) is 5.78 Å². The van der Waals surface area contributed by atoms with Crippen LogP contribution in [0.4, 0.5) is 21.0 Å². The number of fused-ring (bicyclic) bond motifs is 6. The summed E-state index contributed by atoms with van der Waals surface area (Å²) in [7, 11) is 3.07. The highest BCUT2D eigenvalue weighted by atomic mass is 79.9. The van der Waals surface area contributed by atoms with Crippen LogP contribution in [0.5, 0.6) is 0 Å². The fourth-order valence-corrected chi connectivity index (χ4v) is 12.8. The maximum atomic E-state index is 14.4. The lowest BCUT2D eigenvalue weighted by Crippen LogP contribution is -2.53. The van der Waals surface area contributed by atoms with E-state index in [0.29, 0.717) is 75.8 Å². The van der Waals surface area contributed by atoms with Crippen LogP contribution in [0.1, 0.15) is 116 Å². The number of aromatic nitrogens is 1. The summed E-state index contributed by atoms with van der Waals surface area (Å²) in [5, 5.41) is 22.1. The number of nitrogens with one attached hydrogen (secondary N) is 3. The van der Waals surface area contributed by atoms with E-state index in [2.05, 4.69) is 47.8 Å². The number of rotatable bonds is 24. The van der Waals surface area contributed by atoms with Crippen molar-refractivity contribution in [1.29, 1.82) is 0 Å². The van der Waals surface area contributed by atoms with E-state index in [1.165, 1.54) is 12.0 Å². The second kappa shape index (κ2) is 31.2. The first kappa shape index (κ1) is 68.3. The molecule has 464 valence electrons. The van der Waals surface area contributed by atoms with Crippen molar-refractivity contribution in [3.8, 4) is 0 Å². The number of nitrogens with two attached hydrogens (primary N) is 1. The summed E-state index contributed by atoms with van der Waals surface area (Å²) >= 11 is 13.5. The van der Waals surface area contributed by atoms with Gasteiger partial charge in [0.05, 0.1) is 60.2 Å². The molecule has 20 nitrogen and oxygen atoms in total. The van der Waals surface area contributed by atoms with E-state index in [1.807, 2.05) is 52.8 Å². The number of allylic oxidation sites excluding steroid dienone is 3. The number of aliphatic hydroxyl groups is 1. The molecule has 4 heterocycles. The normalized spacial score (nSPS) is 24.3. The number of esters is 2. The number of methoxy groups -OCH3 is 1. The Morgan fingerprint density at radius 3 is 2.45 bits per heavy atom. The molecule has 3 aliphatic heterocycles. The number of ketones is 2. The molecule has 85 heavy (non-hydrogen) atoms. The highest BCUT2D eigenvalue weighted by Gasteiger charge is 2.64. The average molecular weight is 1330 g/mol. The van der Waals surface area contributed by atoms with Crippen LogP contribution in [-0.4, -0.2) is 137 Å². The Morgan fingerprint density at radius 1 is 1.01 bits per heavy atom. The number of epoxide rings is 1. The molecule has 2 saturated heterocycles. The number of unbranched alkanes of at least 4 members (excludes halogenated alkanes) is 2. The number of aryl methyl sites for hydroxylation is 1. The largest absolute Gasteiger partial charge is 0.465 e. The van der Waals surface area contributed by atoms with Gasteiger partial charge >= 0.3 is 24.1 Å². The van der Waals surface area contributed by atoms with Gasteiger partial charge in [-0.3, -0.25) is 39.1 Å². The molecule has 3 aromatic rings. The molecule has 0 saturated carbocycles. The van der Waals surface area contributed by atoms with E-state index in [-0.39, 0.29) is 87.5 Å². The number of Topliss-reactive ketones (excluding diaryl/α,β-unsaturated/α-hetero) is 2. The fourth-order valence-electron chi connectivity index (χ4n) is 11.0. The maximum absolute atomic E-state index is 14.4. The van der Waals surface area contributed by atoms with Gasteiger partial charge in [-0.05, 0) is 107 Å². The topological polar surface area (TPSA) is 284 Å². The second-order valence-electron chi connectivity index (χ2n) is 23.2. The first-order chi connectivity index (χ1) is 40.3. The second-order valence-corrected chi connectivity index (χ2v) is 24.8. The van der Waals surface area contributed by atoms with Gasteiger partial charge in [-0.15, -0.1) is 0 Å². The Labute approximate surface area is 519 Å². The van der Waals surface area contributed by atoms with Gasteiger partial charge in [0.25, 0.3) is 0 Å². The summed E-state index contributed by atoms with van der Waals surface area (Å²) in [5.41, 5.74) is 6.69. The summed E-state index contributed by atoms with van der Waals surface area (Å²) in [6, 6.07) is 10.4. The SMILES string of the molecule is CO[C@@H]1/C=C/C=C(\C)Cc2cc(C)c(Cl)c(c2)N(C)C(=O)C[C@H](OC(=O)Nc2ccc3nc(CC(=O)[C@H](CCCNC(N)=O)NC(=O)[C@@H](CC(=O)CCCCCOC(=O)C(CBr)CBr)C(C)C)ccc3c2)[C@]2(C)O[C@H]2[C@H](C)[C@@H]2C[C@@]1(O)CC(=O)O2. The van der Waals surface area contributed by atoms with Gasteiger partial charge in [0, 0.05) is 79.2 Å². The van der Waals surface area contributed by atoms with Gasteiger partial charge in [-0.25, -0.2) is 9.59 Å². The third-order valence-corrected chi connectivity index (χ3v) is 18.2. The number of halogens is 3. The molecule has 5 amide bonds. The molecule has 2 fully saturated rings. The van der Waals surface area contributed by atoms with Gasteiger partial charge in [-0.1, -0.05) is 100 Å². The first-order valence-electron chi connectivity index (χ1n) is 28.9. The van der Waals surface area contributed by atoms with Crippen LogP contribution >= 0.6 is 43.5 Å². The van der Waals surface area contributed by atoms with Gasteiger partial charge in [-0.2, -0.15) is 0 Å². The Hall–Kier alpha value is -5.78. The average Bonchev–Trinajstić information content (AvgIpc) is 1.78. The smallest absolute Gasteiger partial charge is 0.412 e. The van der Waals surface area contributed by atoms with Crippen molar-refractivity contribution in [2.45, 2.75) is 160 Å². The Kier molecular flexibility index (Phi) is 25.1. The number of alkyl halides is 2. The van der Waals surface area contributed by atoms with Crippen LogP contribution in [0.25, 0.3) is 10.9 Å². The lowest BCUT2D eigenvalue weighted by molar-refractivity contribution is -0.187. The number of benzene rings is 2. The van der Waals surface area contributed by atoms with E-state index in [9.17, 15) is 43.5 Å². The molecular weight excluding hydrogens is 1250 g/mol. The van der Waals surface area contributed by atoms with Crippen LogP contribution in [0.15, 0.2) is 66.3 Å². The summed E-state index contributed by atoms with van der Waals surface area (Å²) in [6.45, 7) is 11.4. The Bertz CT molecular complexity index is 2990. The van der Waals surface area contributed by atoms with Crippen LogP contribution in [0, 0.1) is 30.6 Å². The van der Waals surface area contributed by atoms with Crippen LogP contribution in [0.3, 0.4) is 0 Å². The van der Waals surface area contributed by atoms with E-state index in [1.54, 1.807) is 56.5 Å². The van der Waals surface area contributed by atoms with Crippen molar-refractivity contribution in [1.82, 2.24) is 15.6 Å². The van der Waals surface area contributed by atoms with Crippen molar-refractivity contribution < 1.29 is 67.1 Å². The summed E-state index contributed by atoms with van der Waals surface area (Å²) in [5.74, 6) is -3.97. The monoisotopic (exact) mass is 1330 g/mol. The summed E-state index contributed by atoms with van der Waals surface area (Å²) in [6.07, 6.45) is 3.22. The summed E-state index contributed by atoms with van der Waals surface area (Å²) in [4.78, 5) is 113. The zero-order valence-corrected chi connectivity index (χ0v) is 53.6. The number of carbonyl (C=O) groups is 8. The van der Waals surface area contributed by atoms with Crippen LogP contribution < -0.4 is 26.6 Å². The molecule has 0 radical (unpaired) electrons. The highest BCUT2D eigenvalue weighted by molar-refractivity contribution is 9.09. The van der Waals surface area contributed by atoms with E-state index < -0.39 is 83.4 Å². The fraction of sp³-hybridized carbons (Fsp3) is 0.565. The zero-order chi connectivity index (χ0) is 62.3. The van der Waals surface area contributed by atoms with Crippen LogP contribution in [-0.2, 0) is 65.3 Å². The highest BCUT2D eigenvalue weighted by Crippen LogP contribution is 2.50. The number of carbonyl (C=O) groups excluding carboxylic acids is 8. The number of amides is 5. The molecule has 0 spiro atoms. The van der Waals surface area contributed by atoms with Gasteiger partial charge in [0.1, 0.15) is 35.3 Å². The standard InChI is InChI=1S/C62H81Br2ClN6O14/c1-35(2)45(29-44(72)15-10-9-11-23-82-58(77)41(33-63)34-64)57(76)70-47(16-13-22-67-59(66)78)49(73)28-43-19-18-40-27-42(20-21-46(40)68-43)69-60(79)84-52-30-53(74)71(7)48-26-39(25-37(4)55(48)65)24-36(3)14-12-17-51(81-8)62(80)31-50(83-54(75)32-62)38(5)56-61(52,6)85-56/h12,14,17-21,25-27,35,38,41,45,47,50-52,56,80H,9-11,13,15-16,22-24,28-34H2,1-8H3,(H,69,79)(H,70,76)(H3,66,67,78)/b17-12+,36-14+/t38-,45+,47+,50+,51-,52+,56+,61+,62-/m1/s1. The van der Waals surface area contributed by atoms with Crippen molar-refractivity contribution in [3.05, 3.63) is 88.1 Å². The Balaban J connectivity index is 1.15.